The van der Waals surface area contributed by atoms with Gasteiger partial charge in [0.25, 0.3) is 0 Å². The van der Waals surface area contributed by atoms with Crippen LogP contribution >= 0.6 is 0 Å². The summed E-state index contributed by atoms with van der Waals surface area (Å²) in [4.78, 5) is 0. The summed E-state index contributed by atoms with van der Waals surface area (Å²) in [6.45, 7) is 0.656. The first-order valence-electron chi connectivity index (χ1n) is 5.96. The third-order valence-corrected chi connectivity index (χ3v) is 2.83. The van der Waals surface area contributed by atoms with Crippen molar-refractivity contribution in [2.24, 2.45) is 0 Å². The highest BCUT2D eigenvalue weighted by Crippen LogP contribution is 2.26. The fourth-order valence-corrected chi connectivity index (χ4v) is 1.74. The minimum atomic E-state index is 0.149. The molecular formula is C15H17NO3. The van der Waals surface area contributed by atoms with Crippen molar-refractivity contribution >= 4 is 5.69 Å². The molecule has 0 aliphatic heterocycles. The van der Waals surface area contributed by atoms with Gasteiger partial charge in [-0.3, -0.25) is 0 Å². The number of methoxy groups -OCH3 is 2. The maximum atomic E-state index is 9.52. The van der Waals surface area contributed by atoms with E-state index in [-0.39, 0.29) is 5.75 Å². The molecule has 2 N–H and O–H groups in total. The van der Waals surface area contributed by atoms with Crippen LogP contribution in [0, 0.1) is 0 Å². The van der Waals surface area contributed by atoms with Gasteiger partial charge in [0.15, 0.2) is 11.5 Å². The Morgan fingerprint density at radius 2 is 1.74 bits per heavy atom. The third-order valence-electron chi connectivity index (χ3n) is 2.83. The number of phenolic OH excluding ortho intramolecular Hbond substituents is 1. The summed E-state index contributed by atoms with van der Waals surface area (Å²) in [7, 11) is 3.18. The van der Waals surface area contributed by atoms with E-state index in [0.29, 0.717) is 12.3 Å². The van der Waals surface area contributed by atoms with Crippen LogP contribution in [0.25, 0.3) is 0 Å². The Morgan fingerprint density at radius 3 is 2.37 bits per heavy atom. The first kappa shape index (κ1) is 13.1. The van der Waals surface area contributed by atoms with Crippen molar-refractivity contribution in [3.8, 4) is 17.2 Å². The monoisotopic (exact) mass is 259 g/mol. The largest absolute Gasteiger partial charge is 0.504 e. The van der Waals surface area contributed by atoms with E-state index < -0.39 is 0 Å². The molecule has 4 heteroatoms. The normalized spacial score (nSPS) is 10.0. The van der Waals surface area contributed by atoms with Gasteiger partial charge in [0, 0.05) is 12.2 Å². The molecule has 0 unspecified atom stereocenters. The highest BCUT2D eigenvalue weighted by Gasteiger charge is 2.02. The molecule has 0 bridgehead atoms. The molecule has 0 aliphatic carbocycles. The maximum absolute atomic E-state index is 9.52. The number of hydrogen-bond donors (Lipinski definition) is 2. The lowest BCUT2D eigenvalue weighted by atomic mass is 10.2. The van der Waals surface area contributed by atoms with E-state index in [1.807, 2.05) is 36.4 Å². The molecule has 2 aromatic carbocycles. The minimum Gasteiger partial charge on any atom is -0.504 e. The maximum Gasteiger partial charge on any atom is 0.160 e. The lowest BCUT2D eigenvalue weighted by Crippen LogP contribution is -1.99. The Bertz CT molecular complexity index is 538. The summed E-state index contributed by atoms with van der Waals surface area (Å²) in [5, 5.41) is 12.8. The summed E-state index contributed by atoms with van der Waals surface area (Å²) in [6.07, 6.45) is 0. The van der Waals surface area contributed by atoms with E-state index in [1.165, 1.54) is 7.11 Å². The van der Waals surface area contributed by atoms with Gasteiger partial charge in [-0.2, -0.15) is 0 Å². The lowest BCUT2D eigenvalue weighted by molar-refractivity contribution is 0.373. The van der Waals surface area contributed by atoms with E-state index in [2.05, 4.69) is 5.32 Å². The second-order valence-corrected chi connectivity index (χ2v) is 4.09. The summed E-state index contributed by atoms with van der Waals surface area (Å²) in [6, 6.07) is 13.0. The molecule has 4 nitrogen and oxygen atoms in total. The van der Waals surface area contributed by atoms with Crippen LogP contribution in [-0.4, -0.2) is 19.3 Å². The van der Waals surface area contributed by atoms with Gasteiger partial charge in [0.05, 0.1) is 14.2 Å². The Balaban J connectivity index is 2.01. The van der Waals surface area contributed by atoms with Gasteiger partial charge in [-0.1, -0.05) is 6.07 Å². The van der Waals surface area contributed by atoms with Gasteiger partial charge in [-0.15, -0.1) is 0 Å². The molecule has 100 valence electrons. The Kier molecular flexibility index (Phi) is 4.13. The van der Waals surface area contributed by atoms with Crippen molar-refractivity contribution in [2.75, 3.05) is 19.5 Å². The Hall–Kier alpha value is -2.36. The van der Waals surface area contributed by atoms with Crippen molar-refractivity contribution in [3.05, 3.63) is 48.0 Å². The van der Waals surface area contributed by atoms with Crippen LogP contribution in [0.5, 0.6) is 17.2 Å². The van der Waals surface area contributed by atoms with E-state index in [0.717, 1.165) is 17.0 Å². The quantitative estimate of drug-likeness (QED) is 0.866. The topological polar surface area (TPSA) is 50.7 Å². The number of ether oxygens (including phenoxy) is 2. The highest BCUT2D eigenvalue weighted by molar-refractivity contribution is 5.48. The summed E-state index contributed by atoms with van der Waals surface area (Å²) in [5.74, 6) is 1.46. The van der Waals surface area contributed by atoms with Gasteiger partial charge < -0.3 is 19.9 Å². The highest BCUT2D eigenvalue weighted by atomic mass is 16.5. The average Bonchev–Trinajstić information content (AvgIpc) is 2.47. The predicted molar refractivity (Wildman–Crippen MR) is 75.0 cm³/mol. The number of aromatic hydroxyl groups is 1. The van der Waals surface area contributed by atoms with Crippen LogP contribution in [0.1, 0.15) is 5.56 Å². The molecule has 2 aromatic rings. The van der Waals surface area contributed by atoms with E-state index >= 15 is 0 Å². The molecule has 0 aliphatic rings. The zero-order valence-corrected chi connectivity index (χ0v) is 11.0. The Morgan fingerprint density at radius 1 is 1.00 bits per heavy atom. The number of nitrogens with one attached hydrogen (secondary N) is 1. The molecule has 19 heavy (non-hydrogen) atoms. The summed E-state index contributed by atoms with van der Waals surface area (Å²) in [5.41, 5.74) is 2.04. The minimum absolute atomic E-state index is 0.149. The molecule has 0 saturated carbocycles. The number of benzene rings is 2. The van der Waals surface area contributed by atoms with Gasteiger partial charge in [-0.25, -0.2) is 0 Å². The van der Waals surface area contributed by atoms with Crippen LogP contribution in [0.15, 0.2) is 42.5 Å². The fraction of sp³-hybridized carbons (Fsp3) is 0.200. The molecule has 0 amide bonds. The van der Waals surface area contributed by atoms with Crippen molar-refractivity contribution < 1.29 is 14.6 Å². The van der Waals surface area contributed by atoms with E-state index in [1.54, 1.807) is 13.2 Å². The van der Waals surface area contributed by atoms with Crippen molar-refractivity contribution in [2.45, 2.75) is 6.54 Å². The number of hydrogen-bond acceptors (Lipinski definition) is 4. The van der Waals surface area contributed by atoms with Gasteiger partial charge in [0.1, 0.15) is 5.75 Å². The van der Waals surface area contributed by atoms with Gasteiger partial charge >= 0.3 is 0 Å². The molecular weight excluding hydrogens is 242 g/mol. The zero-order chi connectivity index (χ0) is 13.7. The van der Waals surface area contributed by atoms with E-state index in [9.17, 15) is 5.11 Å². The molecule has 0 radical (unpaired) electrons. The standard InChI is InChI=1S/C15H17NO3/c1-18-13-6-4-12(5-7-13)16-10-11-3-8-14(17)15(9-11)19-2/h3-9,16-17H,10H2,1-2H3. The number of rotatable bonds is 5. The molecule has 0 fully saturated rings. The summed E-state index contributed by atoms with van der Waals surface area (Å²) >= 11 is 0. The summed E-state index contributed by atoms with van der Waals surface area (Å²) < 4.78 is 10.2. The van der Waals surface area contributed by atoms with Gasteiger partial charge in [-0.05, 0) is 42.0 Å². The first-order chi connectivity index (χ1) is 9.22. The molecule has 0 atom stereocenters. The SMILES string of the molecule is COc1ccc(NCc2ccc(O)c(OC)c2)cc1. The zero-order valence-electron chi connectivity index (χ0n) is 11.0. The first-order valence-corrected chi connectivity index (χ1v) is 5.96. The second kappa shape index (κ2) is 6.00. The smallest absolute Gasteiger partial charge is 0.160 e. The van der Waals surface area contributed by atoms with Crippen molar-refractivity contribution in [1.29, 1.82) is 0 Å². The van der Waals surface area contributed by atoms with Crippen LogP contribution < -0.4 is 14.8 Å². The average molecular weight is 259 g/mol. The molecule has 0 aromatic heterocycles. The second-order valence-electron chi connectivity index (χ2n) is 4.09. The predicted octanol–water partition coefficient (Wildman–Crippen LogP) is 3.02. The van der Waals surface area contributed by atoms with Crippen molar-refractivity contribution in [1.82, 2.24) is 0 Å². The third kappa shape index (κ3) is 3.31. The van der Waals surface area contributed by atoms with Gasteiger partial charge in [0.2, 0.25) is 0 Å². The van der Waals surface area contributed by atoms with E-state index in [4.69, 9.17) is 9.47 Å². The van der Waals surface area contributed by atoms with Crippen LogP contribution in [0.4, 0.5) is 5.69 Å². The molecule has 0 saturated heterocycles. The van der Waals surface area contributed by atoms with Crippen LogP contribution in [0.2, 0.25) is 0 Å². The Labute approximate surface area is 112 Å². The van der Waals surface area contributed by atoms with Crippen molar-refractivity contribution in [3.63, 3.8) is 0 Å². The lowest BCUT2D eigenvalue weighted by Gasteiger charge is -2.09. The molecule has 2 rings (SSSR count). The van der Waals surface area contributed by atoms with Crippen LogP contribution in [0.3, 0.4) is 0 Å². The fourth-order valence-electron chi connectivity index (χ4n) is 1.74. The number of anilines is 1. The number of phenols is 1. The molecule has 0 heterocycles. The molecule has 0 spiro atoms. The van der Waals surface area contributed by atoms with Crippen LogP contribution in [-0.2, 0) is 6.54 Å².